The fourth-order valence-corrected chi connectivity index (χ4v) is 6.87. The minimum atomic E-state index is -1.41. The van der Waals surface area contributed by atoms with Crippen LogP contribution >= 0.6 is 15.9 Å². The molecule has 9 heterocycles. The predicted molar refractivity (Wildman–Crippen MR) is 231 cm³/mol. The molecular weight excluding hydrogens is 877 g/mol. The second-order valence-corrected chi connectivity index (χ2v) is 14.3. The van der Waals surface area contributed by atoms with Gasteiger partial charge < -0.3 is 57.9 Å². The highest BCUT2D eigenvalue weighted by molar-refractivity contribution is 9.10. The van der Waals surface area contributed by atoms with E-state index >= 15 is 0 Å². The smallest absolute Gasteiger partial charge is 0.473 e. The van der Waals surface area contributed by atoms with Crippen molar-refractivity contribution in [2.75, 3.05) is 99.3 Å². The zero-order chi connectivity index (χ0) is 43.8. The minimum Gasteiger partial charge on any atom is -0.473 e. The van der Waals surface area contributed by atoms with Crippen LogP contribution in [0.2, 0.25) is 0 Å². The molecule has 0 bridgehead atoms. The molecule has 3 aliphatic rings. The third-order valence-electron chi connectivity index (χ3n) is 9.41. The molecule has 9 rings (SSSR count). The third kappa shape index (κ3) is 12.4. The SMILES string of the molecule is Nc1cnc(N2CCOCC2)c(-c2ccoc2)c1.O=[N+]([O-])c1cnc(N2CCOCC2)c(-c2ccoc2)c1.O=[N+]([O-])c1cnc(N2CCOCC2)c(Br)c1.OB(O)c1ccoc1. The standard InChI is InChI=1S/C13H13N3O4.C13H15N3O2.C9H10BrN3O3.C4H5BO3/c17-16(18)11-7-12(10-1-4-20-9-10)13(14-8-11)15-2-5-19-6-3-15;14-11-7-12(10-1-4-18-9-10)13(15-8-11)16-2-5-17-6-3-16;10-8-5-7(13(14)15)6-11-9(8)12-1-3-16-4-2-12;6-5(7)4-1-2-8-3-4/h1,4,7-9H,2-3,5-6H2;1,4,7-9H,2-3,5-6,14H2;5-6H,1-4H2;1-3,6-7H. The van der Waals surface area contributed by atoms with Crippen molar-refractivity contribution in [1.82, 2.24) is 15.0 Å². The van der Waals surface area contributed by atoms with Gasteiger partial charge in [0.15, 0.2) is 0 Å². The van der Waals surface area contributed by atoms with Crippen molar-refractivity contribution in [2.45, 2.75) is 0 Å². The van der Waals surface area contributed by atoms with Gasteiger partial charge in [0.2, 0.25) is 0 Å². The molecule has 0 saturated carbocycles. The lowest BCUT2D eigenvalue weighted by Gasteiger charge is -2.29. The van der Waals surface area contributed by atoms with Crippen molar-refractivity contribution in [3.05, 3.63) is 117 Å². The molecule has 0 spiro atoms. The molecule has 6 aromatic heterocycles. The van der Waals surface area contributed by atoms with Crippen LogP contribution in [-0.2, 0) is 14.2 Å². The van der Waals surface area contributed by atoms with Crippen LogP contribution in [0.15, 0.2) is 110 Å². The van der Waals surface area contributed by atoms with E-state index in [9.17, 15) is 20.2 Å². The van der Waals surface area contributed by atoms with Gasteiger partial charge in [-0.1, -0.05) is 0 Å². The number of nitro groups is 2. The fourth-order valence-electron chi connectivity index (χ4n) is 6.28. The van der Waals surface area contributed by atoms with Crippen LogP contribution in [0.5, 0.6) is 0 Å². The molecular formula is C39H43BBrN9O12. The van der Waals surface area contributed by atoms with Crippen molar-refractivity contribution in [2.24, 2.45) is 0 Å². The van der Waals surface area contributed by atoms with E-state index in [2.05, 4.69) is 45.1 Å². The summed E-state index contributed by atoms with van der Waals surface area (Å²) in [5, 5.41) is 38.3. The summed E-state index contributed by atoms with van der Waals surface area (Å²) < 4.78 is 31.3. The normalized spacial score (nSPS) is 14.9. The Hall–Kier alpha value is -6.37. The van der Waals surface area contributed by atoms with Gasteiger partial charge in [0.1, 0.15) is 29.8 Å². The molecule has 6 aromatic rings. The maximum atomic E-state index is 10.9. The number of halogens is 1. The van der Waals surface area contributed by atoms with Gasteiger partial charge >= 0.3 is 7.12 Å². The topological polar surface area (TPSA) is 268 Å². The van der Waals surface area contributed by atoms with Gasteiger partial charge in [0.05, 0.1) is 103 Å². The van der Waals surface area contributed by atoms with E-state index in [0.717, 1.165) is 86.6 Å². The van der Waals surface area contributed by atoms with E-state index in [1.807, 2.05) is 17.0 Å². The zero-order valence-electron chi connectivity index (χ0n) is 33.2. The molecule has 3 saturated heterocycles. The molecule has 326 valence electrons. The number of rotatable bonds is 8. The number of nitrogens with two attached hydrogens (primary N) is 1. The van der Waals surface area contributed by atoms with E-state index < -0.39 is 17.0 Å². The first-order valence-electron chi connectivity index (χ1n) is 19.2. The zero-order valence-corrected chi connectivity index (χ0v) is 34.8. The van der Waals surface area contributed by atoms with Crippen molar-refractivity contribution in [3.63, 3.8) is 0 Å². The number of pyridine rings is 3. The second kappa shape index (κ2) is 22.5. The van der Waals surface area contributed by atoms with Gasteiger partial charge in [-0.15, -0.1) is 0 Å². The Kier molecular flexibility index (Phi) is 16.4. The molecule has 0 atom stereocenters. The second-order valence-electron chi connectivity index (χ2n) is 13.5. The Balaban J connectivity index is 0.000000143. The summed E-state index contributed by atoms with van der Waals surface area (Å²) in [6.45, 7) is 8.68. The summed E-state index contributed by atoms with van der Waals surface area (Å²) in [6.07, 6.45) is 13.4. The van der Waals surface area contributed by atoms with E-state index in [-0.39, 0.29) is 11.4 Å². The van der Waals surface area contributed by atoms with Gasteiger partial charge in [-0.3, -0.25) is 20.2 Å². The Morgan fingerprint density at radius 1 is 0.613 bits per heavy atom. The highest BCUT2D eigenvalue weighted by Gasteiger charge is 2.22. The molecule has 21 nitrogen and oxygen atoms in total. The Morgan fingerprint density at radius 2 is 1.03 bits per heavy atom. The van der Waals surface area contributed by atoms with Crippen LogP contribution in [0.25, 0.3) is 22.3 Å². The average Bonchev–Trinajstić information content (AvgIpc) is 4.14. The van der Waals surface area contributed by atoms with Crippen molar-refractivity contribution >= 4 is 63.0 Å². The molecule has 0 aromatic carbocycles. The fraction of sp³-hybridized carbons (Fsp3) is 0.308. The first kappa shape index (κ1) is 45.2. The van der Waals surface area contributed by atoms with Gasteiger partial charge in [-0.25, -0.2) is 15.0 Å². The lowest BCUT2D eigenvalue weighted by Crippen LogP contribution is -2.37. The predicted octanol–water partition coefficient (Wildman–Crippen LogP) is 4.40. The van der Waals surface area contributed by atoms with Crippen LogP contribution in [0.1, 0.15) is 0 Å². The number of ether oxygens (including phenoxy) is 3. The Labute approximate surface area is 363 Å². The summed E-state index contributed by atoms with van der Waals surface area (Å²) in [4.78, 5) is 39.7. The maximum absolute atomic E-state index is 10.9. The number of nitrogen functional groups attached to an aromatic ring is 1. The lowest BCUT2D eigenvalue weighted by atomic mass is 9.83. The Bertz CT molecular complexity index is 2300. The summed E-state index contributed by atoms with van der Waals surface area (Å²) in [6, 6.07) is 10.1. The van der Waals surface area contributed by atoms with Crippen LogP contribution < -0.4 is 25.9 Å². The average molecular weight is 921 g/mol. The van der Waals surface area contributed by atoms with Gasteiger partial charge in [0.25, 0.3) is 11.4 Å². The highest BCUT2D eigenvalue weighted by atomic mass is 79.9. The van der Waals surface area contributed by atoms with Gasteiger partial charge in [0, 0.05) is 79.1 Å². The molecule has 3 aliphatic heterocycles. The van der Waals surface area contributed by atoms with E-state index in [1.54, 1.807) is 31.1 Å². The molecule has 0 radical (unpaired) electrons. The first-order valence-corrected chi connectivity index (χ1v) is 20.0. The van der Waals surface area contributed by atoms with Crippen molar-refractivity contribution in [1.29, 1.82) is 0 Å². The van der Waals surface area contributed by atoms with Gasteiger partial charge in [-0.2, -0.15) is 0 Å². The number of furan rings is 3. The maximum Gasteiger partial charge on any atom is 0.491 e. The molecule has 0 unspecified atom stereocenters. The molecule has 62 heavy (non-hydrogen) atoms. The summed E-state index contributed by atoms with van der Waals surface area (Å²) >= 11 is 3.30. The van der Waals surface area contributed by atoms with E-state index in [0.29, 0.717) is 47.6 Å². The van der Waals surface area contributed by atoms with E-state index in [1.165, 1.54) is 49.4 Å². The monoisotopic (exact) mass is 919 g/mol. The lowest BCUT2D eigenvalue weighted by molar-refractivity contribution is -0.385. The Morgan fingerprint density at radius 3 is 1.44 bits per heavy atom. The quantitative estimate of drug-likeness (QED) is 0.108. The first-order chi connectivity index (χ1) is 30.1. The number of hydrogen-bond acceptors (Lipinski definition) is 19. The largest absolute Gasteiger partial charge is 0.491 e. The van der Waals surface area contributed by atoms with E-state index in [4.69, 9.17) is 38.8 Å². The molecule has 4 N–H and O–H groups in total. The minimum absolute atomic E-state index is 0.0103. The number of nitrogens with zero attached hydrogens (tertiary/aromatic N) is 8. The van der Waals surface area contributed by atoms with Crippen molar-refractivity contribution < 1.29 is 47.4 Å². The number of aromatic nitrogens is 3. The summed E-state index contributed by atoms with van der Waals surface area (Å²) in [5.74, 6) is 2.39. The summed E-state index contributed by atoms with van der Waals surface area (Å²) in [7, 11) is -1.41. The van der Waals surface area contributed by atoms with Gasteiger partial charge in [-0.05, 0) is 40.2 Å². The van der Waals surface area contributed by atoms with Crippen LogP contribution in [0, 0.1) is 20.2 Å². The van der Waals surface area contributed by atoms with Crippen LogP contribution in [0.4, 0.5) is 34.5 Å². The molecule has 23 heteroatoms. The van der Waals surface area contributed by atoms with Crippen LogP contribution in [0.3, 0.4) is 0 Å². The van der Waals surface area contributed by atoms with Crippen molar-refractivity contribution in [3.8, 4) is 22.3 Å². The number of hydrogen-bond donors (Lipinski definition) is 3. The highest BCUT2D eigenvalue weighted by Crippen LogP contribution is 2.34. The summed E-state index contributed by atoms with van der Waals surface area (Å²) in [5.41, 5.74) is 10.3. The third-order valence-corrected chi connectivity index (χ3v) is 9.99. The molecule has 0 aliphatic carbocycles. The molecule has 3 fully saturated rings. The van der Waals surface area contributed by atoms with Crippen LogP contribution in [-0.4, -0.2) is 121 Å². The number of morpholine rings is 3. The molecule has 0 amide bonds. The number of anilines is 4.